The lowest BCUT2D eigenvalue weighted by atomic mass is 10.2. The number of carbonyl (C=O) groups is 2. The minimum Gasteiger partial charge on any atom is -0.351 e. The second-order valence-electron chi connectivity index (χ2n) is 5.11. The molecule has 1 aromatic carbocycles. The second kappa shape index (κ2) is 7.56. The van der Waals surface area contributed by atoms with E-state index in [4.69, 9.17) is 0 Å². The monoisotopic (exact) mass is 353 g/mol. The van der Waals surface area contributed by atoms with Gasteiger partial charge in [0.1, 0.15) is 0 Å². The van der Waals surface area contributed by atoms with Crippen LogP contribution >= 0.6 is 15.9 Å². The molecule has 0 atom stereocenters. The van der Waals surface area contributed by atoms with E-state index in [1.807, 2.05) is 17.0 Å². The van der Waals surface area contributed by atoms with Crippen molar-refractivity contribution in [3.8, 4) is 0 Å². The summed E-state index contributed by atoms with van der Waals surface area (Å²) >= 11 is 3.36. The van der Waals surface area contributed by atoms with Crippen LogP contribution in [0.1, 0.15) is 17.3 Å². The molecule has 0 saturated carbocycles. The van der Waals surface area contributed by atoms with Crippen molar-refractivity contribution >= 4 is 27.7 Å². The van der Waals surface area contributed by atoms with Gasteiger partial charge in [0, 0.05) is 56.2 Å². The van der Waals surface area contributed by atoms with Gasteiger partial charge in [-0.15, -0.1) is 0 Å². The van der Waals surface area contributed by atoms with Crippen LogP contribution in [-0.2, 0) is 4.79 Å². The molecule has 114 valence electrons. The lowest BCUT2D eigenvalue weighted by Crippen LogP contribution is -2.49. The number of nitrogens with zero attached hydrogens (tertiary/aromatic N) is 2. The summed E-state index contributed by atoms with van der Waals surface area (Å²) in [5.74, 6) is 0.0799. The Morgan fingerprint density at radius 2 is 1.95 bits per heavy atom. The van der Waals surface area contributed by atoms with Crippen molar-refractivity contribution in [1.82, 2.24) is 15.1 Å². The van der Waals surface area contributed by atoms with Crippen LogP contribution in [0.4, 0.5) is 0 Å². The molecule has 0 aromatic heterocycles. The standard InChI is InChI=1S/C15H20BrN3O2/c1-12(20)19-9-7-18(8-10-19)6-5-17-15(21)13-3-2-4-14(16)11-13/h2-4,11H,5-10H2,1H3,(H,17,21). The van der Waals surface area contributed by atoms with Crippen LogP contribution in [0, 0.1) is 0 Å². The SMILES string of the molecule is CC(=O)N1CCN(CCNC(=O)c2cccc(Br)c2)CC1. The van der Waals surface area contributed by atoms with Crippen molar-refractivity contribution in [3.05, 3.63) is 34.3 Å². The molecule has 2 rings (SSSR count). The minimum absolute atomic E-state index is 0.0568. The third-order valence-corrected chi connectivity index (χ3v) is 4.11. The molecular weight excluding hydrogens is 334 g/mol. The molecule has 1 heterocycles. The summed E-state index contributed by atoms with van der Waals surface area (Å²) < 4.78 is 0.899. The molecule has 0 aliphatic carbocycles. The van der Waals surface area contributed by atoms with Crippen molar-refractivity contribution in [3.63, 3.8) is 0 Å². The molecule has 0 bridgehead atoms. The topological polar surface area (TPSA) is 52.7 Å². The number of hydrogen-bond donors (Lipinski definition) is 1. The molecule has 1 aromatic rings. The number of benzene rings is 1. The van der Waals surface area contributed by atoms with E-state index < -0.39 is 0 Å². The van der Waals surface area contributed by atoms with E-state index in [0.29, 0.717) is 12.1 Å². The van der Waals surface area contributed by atoms with Crippen LogP contribution in [0.15, 0.2) is 28.7 Å². The number of hydrogen-bond acceptors (Lipinski definition) is 3. The molecule has 0 spiro atoms. The Morgan fingerprint density at radius 1 is 1.24 bits per heavy atom. The maximum absolute atomic E-state index is 12.0. The van der Waals surface area contributed by atoms with Gasteiger partial charge in [-0.25, -0.2) is 0 Å². The number of nitrogens with one attached hydrogen (secondary N) is 1. The molecule has 0 unspecified atom stereocenters. The van der Waals surface area contributed by atoms with Crippen LogP contribution in [0.5, 0.6) is 0 Å². The van der Waals surface area contributed by atoms with Gasteiger partial charge in [-0.1, -0.05) is 22.0 Å². The maximum atomic E-state index is 12.0. The van der Waals surface area contributed by atoms with Gasteiger partial charge in [0.05, 0.1) is 0 Å². The van der Waals surface area contributed by atoms with E-state index in [9.17, 15) is 9.59 Å². The van der Waals surface area contributed by atoms with Crippen molar-refractivity contribution in [2.45, 2.75) is 6.92 Å². The molecular formula is C15H20BrN3O2. The van der Waals surface area contributed by atoms with Crippen LogP contribution in [0.3, 0.4) is 0 Å². The molecule has 5 nitrogen and oxygen atoms in total. The quantitative estimate of drug-likeness (QED) is 0.888. The third-order valence-electron chi connectivity index (χ3n) is 3.62. The second-order valence-corrected chi connectivity index (χ2v) is 6.03. The smallest absolute Gasteiger partial charge is 0.251 e. The predicted octanol–water partition coefficient (Wildman–Crippen LogP) is 1.34. The lowest BCUT2D eigenvalue weighted by molar-refractivity contribution is -0.130. The van der Waals surface area contributed by atoms with Crippen LogP contribution in [-0.4, -0.2) is 60.9 Å². The van der Waals surface area contributed by atoms with Crippen molar-refractivity contribution in [2.75, 3.05) is 39.3 Å². The van der Waals surface area contributed by atoms with Gasteiger partial charge < -0.3 is 10.2 Å². The first-order chi connectivity index (χ1) is 10.1. The Hall–Kier alpha value is -1.40. The fourth-order valence-electron chi connectivity index (χ4n) is 2.35. The van der Waals surface area contributed by atoms with Gasteiger partial charge in [0.15, 0.2) is 0 Å². The maximum Gasteiger partial charge on any atom is 0.251 e. The summed E-state index contributed by atoms with van der Waals surface area (Å²) in [6.45, 7) is 6.31. The van der Waals surface area contributed by atoms with E-state index in [1.165, 1.54) is 0 Å². The zero-order valence-electron chi connectivity index (χ0n) is 12.1. The number of carbonyl (C=O) groups excluding carboxylic acids is 2. The normalized spacial score (nSPS) is 15.8. The molecule has 1 aliphatic heterocycles. The van der Waals surface area contributed by atoms with Gasteiger partial charge in [0.2, 0.25) is 5.91 Å². The highest BCUT2D eigenvalue weighted by atomic mass is 79.9. The number of amides is 2. The number of halogens is 1. The van der Waals surface area contributed by atoms with Gasteiger partial charge in [0.25, 0.3) is 5.91 Å². The average Bonchev–Trinajstić information content (AvgIpc) is 2.47. The van der Waals surface area contributed by atoms with Gasteiger partial charge in [-0.2, -0.15) is 0 Å². The largest absolute Gasteiger partial charge is 0.351 e. The Balaban J connectivity index is 1.70. The highest BCUT2D eigenvalue weighted by Gasteiger charge is 2.18. The van der Waals surface area contributed by atoms with Crippen LogP contribution < -0.4 is 5.32 Å². The van der Waals surface area contributed by atoms with E-state index in [2.05, 4.69) is 26.1 Å². The molecule has 0 radical (unpaired) electrons. The van der Waals surface area contributed by atoms with Gasteiger partial charge >= 0.3 is 0 Å². The third kappa shape index (κ3) is 4.82. The van der Waals surface area contributed by atoms with Gasteiger partial charge in [-0.3, -0.25) is 14.5 Å². The summed E-state index contributed by atoms with van der Waals surface area (Å²) in [6, 6.07) is 7.35. The van der Waals surface area contributed by atoms with Gasteiger partial charge in [-0.05, 0) is 18.2 Å². The molecule has 21 heavy (non-hydrogen) atoms. The Kier molecular flexibility index (Phi) is 5.76. The van der Waals surface area contributed by atoms with Crippen LogP contribution in [0.25, 0.3) is 0 Å². The number of piperazine rings is 1. The van der Waals surface area contributed by atoms with E-state index >= 15 is 0 Å². The first kappa shape index (κ1) is 16.0. The first-order valence-corrected chi connectivity index (χ1v) is 7.87. The average molecular weight is 354 g/mol. The highest BCUT2D eigenvalue weighted by Crippen LogP contribution is 2.11. The minimum atomic E-state index is -0.0568. The highest BCUT2D eigenvalue weighted by molar-refractivity contribution is 9.10. The van der Waals surface area contributed by atoms with E-state index in [-0.39, 0.29) is 11.8 Å². The Labute approximate surface area is 133 Å². The molecule has 6 heteroatoms. The van der Waals surface area contributed by atoms with E-state index in [1.54, 1.807) is 19.1 Å². The lowest BCUT2D eigenvalue weighted by Gasteiger charge is -2.34. The zero-order valence-corrected chi connectivity index (χ0v) is 13.7. The molecule has 1 N–H and O–H groups in total. The summed E-state index contributed by atoms with van der Waals surface area (Å²) in [5.41, 5.74) is 0.658. The summed E-state index contributed by atoms with van der Waals surface area (Å²) in [7, 11) is 0. The van der Waals surface area contributed by atoms with Crippen molar-refractivity contribution in [1.29, 1.82) is 0 Å². The molecule has 2 amide bonds. The summed E-state index contributed by atoms with van der Waals surface area (Å²) in [5, 5.41) is 2.93. The zero-order chi connectivity index (χ0) is 15.2. The molecule has 1 fully saturated rings. The van der Waals surface area contributed by atoms with E-state index in [0.717, 1.165) is 37.2 Å². The fraction of sp³-hybridized carbons (Fsp3) is 0.467. The molecule has 1 saturated heterocycles. The first-order valence-electron chi connectivity index (χ1n) is 7.08. The predicted molar refractivity (Wildman–Crippen MR) is 85.2 cm³/mol. The van der Waals surface area contributed by atoms with Crippen molar-refractivity contribution in [2.24, 2.45) is 0 Å². The number of rotatable bonds is 4. The summed E-state index contributed by atoms with van der Waals surface area (Å²) in [6.07, 6.45) is 0. The van der Waals surface area contributed by atoms with Crippen LogP contribution in [0.2, 0.25) is 0 Å². The Bertz CT molecular complexity index is 513. The fourth-order valence-corrected chi connectivity index (χ4v) is 2.74. The molecule has 1 aliphatic rings. The van der Waals surface area contributed by atoms with Crippen molar-refractivity contribution < 1.29 is 9.59 Å². The Morgan fingerprint density at radius 3 is 2.57 bits per heavy atom. The summed E-state index contributed by atoms with van der Waals surface area (Å²) in [4.78, 5) is 27.3.